The molecule has 30 heavy (non-hydrogen) atoms. The van der Waals surface area contributed by atoms with Crippen molar-refractivity contribution in [1.82, 2.24) is 15.2 Å². The molecule has 5 nitrogen and oxygen atoms in total. The van der Waals surface area contributed by atoms with E-state index in [1.165, 1.54) is 41.2 Å². The van der Waals surface area contributed by atoms with Gasteiger partial charge in [0.2, 0.25) is 0 Å². The van der Waals surface area contributed by atoms with Gasteiger partial charge in [-0.25, -0.2) is 9.37 Å². The van der Waals surface area contributed by atoms with Crippen molar-refractivity contribution in [2.75, 3.05) is 19.6 Å². The molecule has 158 valence electrons. The predicted octanol–water partition coefficient (Wildman–Crippen LogP) is 4.80. The summed E-state index contributed by atoms with van der Waals surface area (Å²) in [6.07, 6.45) is 2.42. The van der Waals surface area contributed by atoms with Gasteiger partial charge in [0, 0.05) is 11.4 Å². The van der Waals surface area contributed by atoms with Crippen LogP contribution in [0.4, 0.5) is 4.39 Å². The van der Waals surface area contributed by atoms with Gasteiger partial charge >= 0.3 is 0 Å². The van der Waals surface area contributed by atoms with Gasteiger partial charge in [-0.1, -0.05) is 6.07 Å². The van der Waals surface area contributed by atoms with Crippen LogP contribution in [0.3, 0.4) is 0 Å². The fourth-order valence-corrected chi connectivity index (χ4v) is 5.37. The van der Waals surface area contributed by atoms with Crippen molar-refractivity contribution in [1.29, 1.82) is 0 Å². The van der Waals surface area contributed by atoms with E-state index in [0.29, 0.717) is 22.9 Å². The summed E-state index contributed by atoms with van der Waals surface area (Å²) in [5, 5.41) is 5.92. The molecule has 4 rings (SSSR count). The van der Waals surface area contributed by atoms with Crippen molar-refractivity contribution in [2.45, 2.75) is 32.4 Å². The lowest BCUT2D eigenvalue weighted by atomic mass is 10.2. The molecular formula is C22H24FN3O2S2. The zero-order chi connectivity index (χ0) is 20.9. The number of carbonyl (C=O) groups is 1. The zero-order valence-corrected chi connectivity index (χ0v) is 18.4. The smallest absolute Gasteiger partial charge is 0.263 e. The molecule has 1 aliphatic heterocycles. The van der Waals surface area contributed by atoms with Crippen LogP contribution in [0.25, 0.3) is 0 Å². The van der Waals surface area contributed by atoms with Gasteiger partial charge in [0.15, 0.2) is 0 Å². The van der Waals surface area contributed by atoms with Crippen LogP contribution in [-0.4, -0.2) is 35.4 Å². The topological polar surface area (TPSA) is 54.5 Å². The molecule has 1 fully saturated rings. The number of thiophene rings is 1. The number of thiazole rings is 1. The summed E-state index contributed by atoms with van der Waals surface area (Å²) in [5.41, 5.74) is 0.698. The summed E-state index contributed by atoms with van der Waals surface area (Å²) in [4.78, 5) is 21.7. The molecule has 8 heteroatoms. The van der Waals surface area contributed by atoms with E-state index in [0.717, 1.165) is 18.1 Å². The Morgan fingerprint density at radius 3 is 2.73 bits per heavy atom. The van der Waals surface area contributed by atoms with Gasteiger partial charge in [-0.05, 0) is 68.6 Å². The van der Waals surface area contributed by atoms with Gasteiger partial charge in [-0.2, -0.15) is 0 Å². The van der Waals surface area contributed by atoms with E-state index >= 15 is 0 Å². The minimum absolute atomic E-state index is 0.0983. The highest BCUT2D eigenvalue weighted by atomic mass is 32.1. The van der Waals surface area contributed by atoms with Gasteiger partial charge in [0.25, 0.3) is 5.91 Å². The lowest BCUT2D eigenvalue weighted by Gasteiger charge is -2.26. The number of ether oxygens (including phenoxy) is 1. The second kappa shape index (κ2) is 9.68. The maximum Gasteiger partial charge on any atom is 0.263 e. The van der Waals surface area contributed by atoms with E-state index in [-0.39, 0.29) is 24.4 Å². The number of amides is 1. The van der Waals surface area contributed by atoms with Crippen LogP contribution in [0.1, 0.15) is 44.1 Å². The molecule has 1 aromatic carbocycles. The Kier molecular flexibility index (Phi) is 6.76. The number of rotatable bonds is 8. The Morgan fingerprint density at radius 2 is 2.03 bits per heavy atom. The molecule has 1 saturated heterocycles. The molecule has 1 atom stereocenters. The summed E-state index contributed by atoms with van der Waals surface area (Å²) in [6, 6.07) is 10.3. The van der Waals surface area contributed by atoms with Gasteiger partial charge in [-0.15, -0.1) is 22.7 Å². The maximum absolute atomic E-state index is 13.0. The number of benzene rings is 1. The number of halogens is 1. The molecule has 0 saturated carbocycles. The van der Waals surface area contributed by atoms with Crippen LogP contribution in [-0.2, 0) is 6.61 Å². The van der Waals surface area contributed by atoms with Crippen LogP contribution in [0.2, 0.25) is 0 Å². The zero-order valence-electron chi connectivity index (χ0n) is 16.8. The molecule has 1 amide bonds. The Labute approximate surface area is 183 Å². The van der Waals surface area contributed by atoms with Gasteiger partial charge in [0.1, 0.15) is 28.1 Å². The summed E-state index contributed by atoms with van der Waals surface area (Å²) < 4.78 is 18.7. The van der Waals surface area contributed by atoms with E-state index in [1.54, 1.807) is 23.5 Å². The molecule has 1 aliphatic rings. The molecule has 3 heterocycles. The Balaban J connectivity index is 1.37. The lowest BCUT2D eigenvalue weighted by molar-refractivity contribution is 0.0941. The highest BCUT2D eigenvalue weighted by Gasteiger charge is 2.25. The second-order valence-electron chi connectivity index (χ2n) is 7.25. The normalized spacial score (nSPS) is 15.3. The largest absolute Gasteiger partial charge is 0.486 e. The molecule has 2 aromatic heterocycles. The maximum atomic E-state index is 13.0. The molecular weight excluding hydrogens is 421 g/mol. The number of nitrogens with one attached hydrogen (secondary N) is 1. The number of nitrogens with zero attached hydrogens (tertiary/aromatic N) is 2. The summed E-state index contributed by atoms with van der Waals surface area (Å²) in [6.45, 7) is 4.81. The van der Waals surface area contributed by atoms with E-state index < -0.39 is 0 Å². The van der Waals surface area contributed by atoms with Crippen LogP contribution < -0.4 is 10.1 Å². The fourth-order valence-electron chi connectivity index (χ4n) is 3.61. The molecule has 0 spiro atoms. The van der Waals surface area contributed by atoms with Gasteiger partial charge < -0.3 is 10.1 Å². The molecule has 1 unspecified atom stereocenters. The molecule has 0 bridgehead atoms. The highest BCUT2D eigenvalue weighted by molar-refractivity contribution is 7.13. The van der Waals surface area contributed by atoms with Crippen molar-refractivity contribution >= 4 is 28.6 Å². The number of hydrogen-bond acceptors (Lipinski definition) is 6. The molecule has 1 N–H and O–H groups in total. The number of hydrogen-bond donors (Lipinski definition) is 1. The molecule has 3 aromatic rings. The average Bonchev–Trinajstić information content (AvgIpc) is 3.50. The predicted molar refractivity (Wildman–Crippen MR) is 118 cm³/mol. The van der Waals surface area contributed by atoms with Crippen molar-refractivity contribution in [3.05, 3.63) is 68.1 Å². The summed E-state index contributed by atoms with van der Waals surface area (Å²) in [5.74, 6) is 0.166. The van der Waals surface area contributed by atoms with Crippen molar-refractivity contribution in [2.24, 2.45) is 0 Å². The van der Waals surface area contributed by atoms with E-state index in [4.69, 9.17) is 4.74 Å². The fraction of sp³-hybridized carbons (Fsp3) is 0.364. The van der Waals surface area contributed by atoms with E-state index in [2.05, 4.69) is 32.7 Å². The minimum Gasteiger partial charge on any atom is -0.486 e. The summed E-state index contributed by atoms with van der Waals surface area (Å²) >= 11 is 3.07. The number of aryl methyl sites for hydroxylation is 1. The van der Waals surface area contributed by atoms with Crippen molar-refractivity contribution < 1.29 is 13.9 Å². The monoisotopic (exact) mass is 445 g/mol. The van der Waals surface area contributed by atoms with Gasteiger partial charge in [-0.3, -0.25) is 9.69 Å². The number of likely N-dealkylation sites (tertiary alicyclic amines) is 1. The Hall–Kier alpha value is -2.29. The first-order valence-corrected chi connectivity index (χ1v) is 11.7. The third-order valence-corrected chi connectivity index (χ3v) is 7.24. The number of aromatic nitrogens is 1. The highest BCUT2D eigenvalue weighted by Crippen LogP contribution is 2.28. The third kappa shape index (κ3) is 5.06. The Bertz CT molecular complexity index is 967. The lowest BCUT2D eigenvalue weighted by Crippen LogP contribution is -2.36. The molecule has 0 radical (unpaired) electrons. The van der Waals surface area contributed by atoms with Crippen LogP contribution in [0.15, 0.2) is 41.8 Å². The average molecular weight is 446 g/mol. The third-order valence-electron chi connectivity index (χ3n) is 5.13. The first-order chi connectivity index (χ1) is 14.6. The van der Waals surface area contributed by atoms with E-state index in [1.807, 2.05) is 6.92 Å². The van der Waals surface area contributed by atoms with Crippen LogP contribution >= 0.6 is 22.7 Å². The second-order valence-corrected chi connectivity index (χ2v) is 9.31. The summed E-state index contributed by atoms with van der Waals surface area (Å²) in [7, 11) is 0. The van der Waals surface area contributed by atoms with Gasteiger partial charge in [0.05, 0.1) is 11.7 Å². The van der Waals surface area contributed by atoms with E-state index in [9.17, 15) is 9.18 Å². The SMILES string of the molecule is Cc1nc(COc2ccc(F)cc2)sc1C(=O)NCC(c1cccs1)N1CCCC1. The Morgan fingerprint density at radius 1 is 1.27 bits per heavy atom. The standard InChI is InChI=1S/C22H24FN3O2S2/c1-15-21(30-20(25-15)14-28-17-8-6-16(23)7-9-17)22(27)24-13-18(19-5-4-12-29-19)26-10-2-3-11-26/h4-9,12,18H,2-3,10-11,13-14H2,1H3,(H,24,27). The number of carbonyl (C=O) groups excluding carboxylic acids is 1. The molecule has 0 aliphatic carbocycles. The first-order valence-electron chi connectivity index (χ1n) is 10.0. The first kappa shape index (κ1) is 21.0. The van der Waals surface area contributed by atoms with Crippen molar-refractivity contribution in [3.8, 4) is 5.75 Å². The van der Waals surface area contributed by atoms with Crippen LogP contribution in [0, 0.1) is 12.7 Å². The van der Waals surface area contributed by atoms with Crippen molar-refractivity contribution in [3.63, 3.8) is 0 Å². The quantitative estimate of drug-likeness (QED) is 0.541. The minimum atomic E-state index is -0.304. The van der Waals surface area contributed by atoms with Crippen LogP contribution in [0.5, 0.6) is 5.75 Å².